The van der Waals surface area contributed by atoms with Crippen molar-refractivity contribution in [2.75, 3.05) is 13.7 Å². The van der Waals surface area contributed by atoms with Crippen LogP contribution in [0.25, 0.3) is 10.2 Å². The Morgan fingerprint density at radius 1 is 1.33 bits per heavy atom. The predicted octanol–water partition coefficient (Wildman–Crippen LogP) is 3.85. The van der Waals surface area contributed by atoms with E-state index in [1.807, 2.05) is 19.1 Å². The molecule has 0 saturated carbocycles. The number of fused-ring (bicyclic) bond motifs is 3. The van der Waals surface area contributed by atoms with Crippen LogP contribution in [0.3, 0.4) is 0 Å². The Balaban J connectivity index is 1.48. The molecule has 4 rings (SSSR count). The van der Waals surface area contributed by atoms with Crippen LogP contribution >= 0.6 is 11.3 Å². The second-order valence-corrected chi connectivity index (χ2v) is 9.10. The molecule has 0 fully saturated rings. The van der Waals surface area contributed by atoms with Gasteiger partial charge in [0.05, 0.1) is 31.6 Å². The molecule has 1 amide bonds. The van der Waals surface area contributed by atoms with Gasteiger partial charge in [0.25, 0.3) is 11.5 Å². The third-order valence-corrected chi connectivity index (χ3v) is 6.93. The third kappa shape index (κ3) is 4.78. The minimum absolute atomic E-state index is 0.168. The first kappa shape index (κ1) is 23.0. The molecule has 1 atom stereocenters. The Hall–Kier alpha value is -3.20. The molecule has 9 heteroatoms. The van der Waals surface area contributed by atoms with Crippen LogP contribution in [0.2, 0.25) is 0 Å². The van der Waals surface area contributed by atoms with E-state index in [1.165, 1.54) is 22.0 Å². The number of hydrazone groups is 1. The zero-order valence-electron chi connectivity index (χ0n) is 19.1. The highest BCUT2D eigenvalue weighted by atomic mass is 32.1. The average Bonchev–Trinajstić information content (AvgIpc) is 3.22. The Morgan fingerprint density at radius 3 is 2.94 bits per heavy atom. The van der Waals surface area contributed by atoms with Crippen molar-refractivity contribution in [2.45, 2.75) is 52.0 Å². The molecule has 0 spiro atoms. The molecule has 0 bridgehead atoms. The van der Waals surface area contributed by atoms with Gasteiger partial charge in [-0.2, -0.15) is 5.10 Å². The number of benzene rings is 1. The van der Waals surface area contributed by atoms with E-state index in [4.69, 9.17) is 9.47 Å². The van der Waals surface area contributed by atoms with Gasteiger partial charge in [-0.15, -0.1) is 11.3 Å². The van der Waals surface area contributed by atoms with E-state index in [0.717, 1.165) is 48.1 Å². The van der Waals surface area contributed by atoms with Gasteiger partial charge in [0.2, 0.25) is 0 Å². The van der Waals surface area contributed by atoms with E-state index in [9.17, 15) is 9.59 Å². The number of rotatable bonds is 8. The number of carbonyl (C=O) groups excluding carboxylic acids is 1. The summed E-state index contributed by atoms with van der Waals surface area (Å²) in [6.45, 7) is 4.31. The van der Waals surface area contributed by atoms with Crippen molar-refractivity contribution in [3.05, 3.63) is 50.9 Å². The molecule has 0 saturated heterocycles. The lowest BCUT2D eigenvalue weighted by molar-refractivity contribution is -0.123. The number of hydrogen-bond donors (Lipinski definition) is 1. The fraction of sp³-hybridized carbons (Fsp3) is 0.417. The molecule has 2 aromatic heterocycles. The lowest BCUT2D eigenvalue weighted by Gasteiger charge is -2.14. The number of hydrogen-bond acceptors (Lipinski definition) is 7. The van der Waals surface area contributed by atoms with Crippen LogP contribution in [0.5, 0.6) is 11.5 Å². The maximum absolute atomic E-state index is 13.2. The first-order valence-electron chi connectivity index (χ1n) is 11.2. The summed E-state index contributed by atoms with van der Waals surface area (Å²) >= 11 is 1.59. The number of ether oxygens (including phenoxy) is 2. The van der Waals surface area contributed by atoms with Crippen molar-refractivity contribution >= 4 is 33.7 Å². The lowest BCUT2D eigenvalue weighted by atomic mass is 9.97. The van der Waals surface area contributed by atoms with E-state index in [1.54, 1.807) is 31.4 Å². The van der Waals surface area contributed by atoms with Gasteiger partial charge in [-0.05, 0) is 68.4 Å². The molecular weight excluding hydrogens is 440 g/mol. The highest BCUT2D eigenvalue weighted by Gasteiger charge is 2.23. The Bertz CT molecular complexity index is 1250. The van der Waals surface area contributed by atoms with Gasteiger partial charge >= 0.3 is 0 Å². The number of carbonyl (C=O) groups is 1. The van der Waals surface area contributed by atoms with Crippen LogP contribution in [0, 0.1) is 0 Å². The minimum atomic E-state index is -0.745. The van der Waals surface area contributed by atoms with Crippen molar-refractivity contribution in [1.29, 1.82) is 0 Å². The van der Waals surface area contributed by atoms with Gasteiger partial charge in [-0.1, -0.05) is 6.92 Å². The quantitative estimate of drug-likeness (QED) is 0.400. The number of aromatic nitrogens is 2. The van der Waals surface area contributed by atoms with Crippen molar-refractivity contribution in [3.8, 4) is 11.5 Å². The van der Waals surface area contributed by atoms with Gasteiger partial charge < -0.3 is 9.47 Å². The zero-order valence-corrected chi connectivity index (χ0v) is 19.9. The SMILES string of the molecule is CCCOc1ccc(C=NNC(=O)C(C)n2cnc3sc4c(c3c2=O)CCCC4)cc1OC. The summed E-state index contributed by atoms with van der Waals surface area (Å²) in [5.41, 5.74) is 4.21. The monoisotopic (exact) mass is 468 g/mol. The maximum Gasteiger partial charge on any atom is 0.263 e. The molecular formula is C24H28N4O4S. The molecule has 1 aliphatic carbocycles. The molecule has 1 N–H and O–H groups in total. The standard InChI is InChI=1S/C24H28N4O4S/c1-4-11-32-18-10-9-16(12-19(18)31-3)13-26-27-22(29)15(2)28-14-25-23-21(24(28)30)17-7-5-6-8-20(17)33-23/h9-10,12-15H,4-8,11H2,1-3H3,(H,27,29). The first-order chi connectivity index (χ1) is 16.0. The van der Waals surface area contributed by atoms with Crippen LogP contribution in [-0.4, -0.2) is 35.4 Å². The van der Waals surface area contributed by atoms with Crippen molar-refractivity contribution in [3.63, 3.8) is 0 Å². The topological polar surface area (TPSA) is 94.8 Å². The summed E-state index contributed by atoms with van der Waals surface area (Å²) in [4.78, 5) is 32.3. The summed E-state index contributed by atoms with van der Waals surface area (Å²) in [7, 11) is 1.58. The minimum Gasteiger partial charge on any atom is -0.493 e. The summed E-state index contributed by atoms with van der Waals surface area (Å²) in [5.74, 6) is 0.859. The molecule has 0 radical (unpaired) electrons. The molecule has 1 aromatic carbocycles. The van der Waals surface area contributed by atoms with Crippen LogP contribution in [0.1, 0.15) is 55.2 Å². The van der Waals surface area contributed by atoms with Gasteiger partial charge in [-0.3, -0.25) is 14.2 Å². The number of thiophene rings is 1. The van der Waals surface area contributed by atoms with Gasteiger partial charge in [-0.25, -0.2) is 10.4 Å². The molecule has 1 aliphatic rings. The van der Waals surface area contributed by atoms with E-state index >= 15 is 0 Å². The molecule has 1 unspecified atom stereocenters. The maximum atomic E-state index is 13.2. The largest absolute Gasteiger partial charge is 0.493 e. The number of nitrogens with one attached hydrogen (secondary N) is 1. The van der Waals surface area contributed by atoms with Crippen LogP contribution in [-0.2, 0) is 17.6 Å². The number of nitrogens with zero attached hydrogens (tertiary/aromatic N) is 3. The molecule has 3 aromatic rings. The number of aryl methyl sites for hydroxylation is 2. The van der Waals surface area contributed by atoms with Crippen LogP contribution in [0.4, 0.5) is 0 Å². The fourth-order valence-electron chi connectivity index (χ4n) is 3.92. The van der Waals surface area contributed by atoms with E-state index in [-0.39, 0.29) is 5.56 Å². The van der Waals surface area contributed by atoms with E-state index in [2.05, 4.69) is 15.5 Å². The summed E-state index contributed by atoms with van der Waals surface area (Å²) < 4.78 is 12.4. The van der Waals surface area contributed by atoms with Gasteiger partial charge in [0.15, 0.2) is 11.5 Å². The summed E-state index contributed by atoms with van der Waals surface area (Å²) in [5, 5.41) is 4.72. The highest BCUT2D eigenvalue weighted by Crippen LogP contribution is 2.33. The zero-order chi connectivity index (χ0) is 23.4. The lowest BCUT2D eigenvalue weighted by Crippen LogP contribution is -2.34. The van der Waals surface area contributed by atoms with Crippen molar-refractivity contribution in [2.24, 2.45) is 5.10 Å². The summed E-state index contributed by atoms with van der Waals surface area (Å²) in [6.07, 6.45) is 8.00. The van der Waals surface area contributed by atoms with Crippen molar-refractivity contribution < 1.29 is 14.3 Å². The smallest absolute Gasteiger partial charge is 0.263 e. The van der Waals surface area contributed by atoms with Gasteiger partial charge in [0, 0.05) is 4.88 Å². The molecule has 8 nitrogen and oxygen atoms in total. The molecule has 174 valence electrons. The highest BCUT2D eigenvalue weighted by molar-refractivity contribution is 7.18. The van der Waals surface area contributed by atoms with E-state index < -0.39 is 11.9 Å². The fourth-order valence-corrected chi connectivity index (χ4v) is 5.14. The van der Waals surface area contributed by atoms with Crippen LogP contribution in [0.15, 0.2) is 34.4 Å². The van der Waals surface area contributed by atoms with E-state index in [0.29, 0.717) is 23.5 Å². The second kappa shape index (κ2) is 10.2. The average molecular weight is 469 g/mol. The normalized spacial score (nSPS) is 14.3. The number of amides is 1. The van der Waals surface area contributed by atoms with Crippen LogP contribution < -0.4 is 20.5 Å². The first-order valence-corrected chi connectivity index (χ1v) is 12.0. The molecule has 0 aliphatic heterocycles. The van der Waals surface area contributed by atoms with Gasteiger partial charge in [0.1, 0.15) is 10.9 Å². The molecule has 33 heavy (non-hydrogen) atoms. The summed E-state index contributed by atoms with van der Waals surface area (Å²) in [6, 6.07) is 4.67. The third-order valence-electron chi connectivity index (χ3n) is 5.73. The second-order valence-electron chi connectivity index (χ2n) is 8.02. The number of methoxy groups -OCH3 is 1. The van der Waals surface area contributed by atoms with Crippen molar-refractivity contribution in [1.82, 2.24) is 15.0 Å². The Labute approximate surface area is 196 Å². The Kier molecular flexibility index (Phi) is 7.08. The Morgan fingerprint density at radius 2 is 2.15 bits per heavy atom. The molecule has 2 heterocycles. The predicted molar refractivity (Wildman–Crippen MR) is 130 cm³/mol.